The lowest BCUT2D eigenvalue weighted by Crippen LogP contribution is -2.12. The topological polar surface area (TPSA) is 20.2 Å². The van der Waals surface area contributed by atoms with E-state index < -0.39 is 0 Å². The molecule has 4 rings (SSSR count). The molecule has 0 saturated heterocycles. The summed E-state index contributed by atoms with van der Waals surface area (Å²) in [5.41, 5.74) is 7.30. The van der Waals surface area contributed by atoms with Crippen molar-refractivity contribution in [3.05, 3.63) is 137 Å². The van der Waals surface area contributed by atoms with E-state index in [1.807, 2.05) is 12.1 Å². The second-order valence-electron chi connectivity index (χ2n) is 8.40. The highest BCUT2D eigenvalue weighted by Crippen LogP contribution is 2.44. The van der Waals surface area contributed by atoms with Crippen molar-refractivity contribution >= 4 is 0 Å². The van der Waals surface area contributed by atoms with E-state index in [1.165, 1.54) is 27.8 Å². The van der Waals surface area contributed by atoms with Gasteiger partial charge in [-0.15, -0.1) is 0 Å². The Labute approximate surface area is 186 Å². The Morgan fingerprint density at radius 1 is 0.452 bits per heavy atom. The highest BCUT2D eigenvalue weighted by Gasteiger charge is 2.26. The van der Waals surface area contributed by atoms with Crippen molar-refractivity contribution in [3.8, 4) is 5.75 Å². The van der Waals surface area contributed by atoms with Gasteiger partial charge in [-0.3, -0.25) is 0 Å². The second-order valence-corrected chi connectivity index (χ2v) is 8.40. The van der Waals surface area contributed by atoms with E-state index >= 15 is 0 Å². The molecule has 3 atom stereocenters. The Balaban J connectivity index is 1.93. The standard InChI is InChI=1S/C30H30O/c1-21(24-13-7-4-8-14-24)27-19-20-28(31)30(23(3)26-17-11-6-12-18-26)29(27)22(2)25-15-9-5-10-16-25/h4-23,31H,1-3H3/t21-,22-,23+/m1/s1. The largest absolute Gasteiger partial charge is 0.508 e. The lowest BCUT2D eigenvalue weighted by atomic mass is 9.76. The van der Waals surface area contributed by atoms with Crippen LogP contribution in [-0.2, 0) is 0 Å². The van der Waals surface area contributed by atoms with Gasteiger partial charge in [0.2, 0.25) is 0 Å². The number of phenols is 1. The van der Waals surface area contributed by atoms with E-state index in [0.717, 1.165) is 5.56 Å². The molecule has 1 nitrogen and oxygen atoms in total. The number of rotatable bonds is 6. The minimum atomic E-state index is 0.0882. The first-order valence-corrected chi connectivity index (χ1v) is 11.1. The molecule has 0 heterocycles. The summed E-state index contributed by atoms with van der Waals surface area (Å²) >= 11 is 0. The molecule has 0 aliphatic carbocycles. The maximum absolute atomic E-state index is 11.1. The molecular formula is C30H30O. The number of hydrogen-bond acceptors (Lipinski definition) is 1. The van der Waals surface area contributed by atoms with Crippen LogP contribution in [0.5, 0.6) is 5.75 Å². The normalized spacial score (nSPS) is 14.0. The zero-order valence-corrected chi connectivity index (χ0v) is 18.5. The highest BCUT2D eigenvalue weighted by molar-refractivity contribution is 5.55. The molecule has 4 aromatic carbocycles. The molecule has 31 heavy (non-hydrogen) atoms. The van der Waals surface area contributed by atoms with Crippen molar-refractivity contribution in [2.24, 2.45) is 0 Å². The molecule has 0 aromatic heterocycles. The van der Waals surface area contributed by atoms with Crippen LogP contribution < -0.4 is 0 Å². The average molecular weight is 407 g/mol. The van der Waals surface area contributed by atoms with Crippen LogP contribution in [0.15, 0.2) is 103 Å². The van der Waals surface area contributed by atoms with Crippen LogP contribution in [-0.4, -0.2) is 5.11 Å². The first kappa shape index (κ1) is 20.9. The molecule has 0 aliphatic heterocycles. The quantitative estimate of drug-likeness (QED) is 0.346. The second kappa shape index (κ2) is 9.22. The van der Waals surface area contributed by atoms with Gasteiger partial charge in [0.25, 0.3) is 0 Å². The van der Waals surface area contributed by atoms with Gasteiger partial charge in [0.05, 0.1) is 0 Å². The van der Waals surface area contributed by atoms with Crippen molar-refractivity contribution in [2.45, 2.75) is 38.5 Å². The number of benzene rings is 4. The molecule has 0 radical (unpaired) electrons. The summed E-state index contributed by atoms with van der Waals surface area (Å²) in [4.78, 5) is 0. The monoisotopic (exact) mass is 406 g/mol. The Morgan fingerprint density at radius 3 is 1.29 bits per heavy atom. The van der Waals surface area contributed by atoms with Crippen LogP contribution in [0.2, 0.25) is 0 Å². The number of phenolic OH excluding ortho intramolecular Hbond substituents is 1. The summed E-state index contributed by atoms with van der Waals surface area (Å²) in [5, 5.41) is 11.1. The van der Waals surface area contributed by atoms with Gasteiger partial charge < -0.3 is 5.11 Å². The molecule has 0 bridgehead atoms. The van der Waals surface area contributed by atoms with Crippen molar-refractivity contribution in [3.63, 3.8) is 0 Å². The molecule has 0 amide bonds. The number of hydrogen-bond donors (Lipinski definition) is 1. The third-order valence-electron chi connectivity index (χ3n) is 6.53. The minimum absolute atomic E-state index is 0.0882. The van der Waals surface area contributed by atoms with Crippen molar-refractivity contribution in [2.75, 3.05) is 0 Å². The van der Waals surface area contributed by atoms with Gasteiger partial charge in [0.15, 0.2) is 0 Å². The Morgan fingerprint density at radius 2 is 0.839 bits per heavy atom. The highest BCUT2D eigenvalue weighted by atomic mass is 16.3. The minimum Gasteiger partial charge on any atom is -0.508 e. The summed E-state index contributed by atoms with van der Waals surface area (Å²) < 4.78 is 0. The van der Waals surface area contributed by atoms with Crippen LogP contribution in [0, 0.1) is 0 Å². The van der Waals surface area contributed by atoms with Gasteiger partial charge in [0.1, 0.15) is 5.75 Å². The molecule has 1 heteroatoms. The smallest absolute Gasteiger partial charge is 0.119 e. The Bertz CT molecular complexity index is 1120. The van der Waals surface area contributed by atoms with Gasteiger partial charge in [-0.1, -0.05) is 118 Å². The van der Waals surface area contributed by atoms with Crippen molar-refractivity contribution in [1.29, 1.82) is 0 Å². The van der Waals surface area contributed by atoms with E-state index in [4.69, 9.17) is 0 Å². The van der Waals surface area contributed by atoms with Crippen molar-refractivity contribution in [1.82, 2.24) is 0 Å². The Hall–Kier alpha value is -3.32. The zero-order valence-electron chi connectivity index (χ0n) is 18.5. The van der Waals surface area contributed by atoms with Crippen LogP contribution in [0.25, 0.3) is 0 Å². The molecule has 0 aliphatic rings. The molecule has 0 fully saturated rings. The summed E-state index contributed by atoms with van der Waals surface area (Å²) in [6.07, 6.45) is 0. The maximum Gasteiger partial charge on any atom is 0.119 e. The van der Waals surface area contributed by atoms with Crippen LogP contribution >= 0.6 is 0 Å². The fraction of sp³-hybridized carbons (Fsp3) is 0.200. The van der Waals surface area contributed by atoms with E-state index in [1.54, 1.807) is 0 Å². The SMILES string of the molecule is C[C@H](c1ccccc1)c1ccc(O)c([C@@H](C)c2ccccc2)c1[C@H](C)c1ccccc1. The van der Waals surface area contributed by atoms with E-state index in [9.17, 15) is 5.11 Å². The van der Waals surface area contributed by atoms with Gasteiger partial charge in [-0.2, -0.15) is 0 Å². The van der Waals surface area contributed by atoms with Crippen molar-refractivity contribution < 1.29 is 5.11 Å². The van der Waals surface area contributed by atoms with E-state index in [0.29, 0.717) is 5.75 Å². The molecule has 0 spiro atoms. The fourth-order valence-corrected chi connectivity index (χ4v) is 4.70. The van der Waals surface area contributed by atoms with Crippen LogP contribution in [0.1, 0.15) is 71.9 Å². The molecule has 0 unspecified atom stereocenters. The van der Waals surface area contributed by atoms with Gasteiger partial charge in [0, 0.05) is 23.3 Å². The van der Waals surface area contributed by atoms with Crippen LogP contribution in [0.3, 0.4) is 0 Å². The summed E-state index contributed by atoms with van der Waals surface area (Å²) in [6, 6.07) is 35.7. The van der Waals surface area contributed by atoms with E-state index in [2.05, 4.69) is 112 Å². The van der Waals surface area contributed by atoms with Gasteiger partial charge >= 0.3 is 0 Å². The molecular weight excluding hydrogens is 376 g/mol. The predicted molar refractivity (Wildman–Crippen MR) is 130 cm³/mol. The zero-order chi connectivity index (χ0) is 21.8. The average Bonchev–Trinajstić information content (AvgIpc) is 2.84. The third-order valence-corrected chi connectivity index (χ3v) is 6.53. The maximum atomic E-state index is 11.1. The lowest BCUT2D eigenvalue weighted by molar-refractivity contribution is 0.463. The fourth-order valence-electron chi connectivity index (χ4n) is 4.70. The predicted octanol–water partition coefficient (Wildman–Crippen LogP) is 7.85. The van der Waals surface area contributed by atoms with E-state index in [-0.39, 0.29) is 17.8 Å². The Kier molecular flexibility index (Phi) is 6.23. The van der Waals surface area contributed by atoms with Gasteiger partial charge in [-0.05, 0) is 33.9 Å². The van der Waals surface area contributed by atoms with Gasteiger partial charge in [-0.25, -0.2) is 0 Å². The molecule has 4 aromatic rings. The lowest BCUT2D eigenvalue weighted by Gasteiger charge is -2.28. The first-order valence-electron chi connectivity index (χ1n) is 11.1. The number of aromatic hydroxyl groups is 1. The summed E-state index contributed by atoms with van der Waals surface area (Å²) in [6.45, 7) is 6.72. The summed E-state index contributed by atoms with van der Waals surface area (Å²) in [5.74, 6) is 0.851. The molecule has 156 valence electrons. The summed E-state index contributed by atoms with van der Waals surface area (Å²) in [7, 11) is 0. The third kappa shape index (κ3) is 4.27. The van der Waals surface area contributed by atoms with Crippen LogP contribution in [0.4, 0.5) is 0 Å². The molecule has 1 N–H and O–H groups in total. The molecule has 0 saturated carbocycles. The first-order chi connectivity index (χ1) is 15.1.